The standard InChI is InChI=1S/C23H40N2O6Si/c1-9-10-30-21(28)25-13-15(11-16(25)14-29-6)18(26)12-17-19(20(27)24-17)23(5,22(2,3)4)31-32(7)8/h9,15-17,19,32H,1,10-14H2,2-8H3,(H,24,27)/t15?,16-,17+,19+,23+/m0/s1. The van der Waals surface area contributed by atoms with Gasteiger partial charge in [-0.2, -0.15) is 0 Å². The summed E-state index contributed by atoms with van der Waals surface area (Å²) in [5, 5.41) is 2.93. The number of carbonyl (C=O) groups excluding carboxylic acids is 3. The monoisotopic (exact) mass is 468 g/mol. The maximum atomic E-state index is 13.2. The molecule has 2 aliphatic rings. The van der Waals surface area contributed by atoms with Gasteiger partial charge in [0, 0.05) is 26.0 Å². The fourth-order valence-corrected chi connectivity index (χ4v) is 6.25. The van der Waals surface area contributed by atoms with E-state index in [1.165, 1.54) is 6.08 Å². The van der Waals surface area contributed by atoms with Crippen LogP contribution in [-0.4, -0.2) is 76.3 Å². The first-order valence-electron chi connectivity index (χ1n) is 11.4. The molecule has 182 valence electrons. The van der Waals surface area contributed by atoms with Crippen LogP contribution in [0.25, 0.3) is 0 Å². The fourth-order valence-electron chi connectivity index (χ4n) is 4.77. The van der Waals surface area contributed by atoms with E-state index in [0.717, 1.165) is 0 Å². The van der Waals surface area contributed by atoms with E-state index >= 15 is 0 Å². The summed E-state index contributed by atoms with van der Waals surface area (Å²) in [5.41, 5.74) is -0.925. The minimum Gasteiger partial charge on any atom is -0.445 e. The Labute approximate surface area is 193 Å². The van der Waals surface area contributed by atoms with Crippen molar-refractivity contribution in [1.82, 2.24) is 10.2 Å². The summed E-state index contributed by atoms with van der Waals surface area (Å²) in [6.45, 7) is 16.7. The number of likely N-dealkylation sites (tertiary alicyclic amines) is 1. The van der Waals surface area contributed by atoms with E-state index in [1.807, 2.05) is 6.92 Å². The summed E-state index contributed by atoms with van der Waals surface area (Å²) >= 11 is 0. The molecule has 2 fully saturated rings. The second-order valence-corrected chi connectivity index (χ2v) is 12.7. The van der Waals surface area contributed by atoms with Crippen LogP contribution in [0.15, 0.2) is 12.7 Å². The van der Waals surface area contributed by atoms with E-state index in [-0.39, 0.29) is 54.1 Å². The van der Waals surface area contributed by atoms with E-state index in [4.69, 9.17) is 13.9 Å². The highest BCUT2D eigenvalue weighted by molar-refractivity contribution is 6.48. The highest BCUT2D eigenvalue weighted by Crippen LogP contribution is 2.45. The van der Waals surface area contributed by atoms with Gasteiger partial charge in [-0.05, 0) is 31.9 Å². The van der Waals surface area contributed by atoms with Crippen molar-refractivity contribution in [2.24, 2.45) is 17.3 Å². The fraction of sp³-hybridized carbons (Fsp3) is 0.783. The first-order valence-corrected chi connectivity index (χ1v) is 14.2. The molecule has 5 atom stereocenters. The Bertz CT molecular complexity index is 722. The Hall–Kier alpha value is -1.71. The number of Topliss-reactive ketones (excluding diaryl/α,β-unsaturated/α-hetero) is 1. The van der Waals surface area contributed by atoms with E-state index in [0.29, 0.717) is 19.6 Å². The molecule has 0 saturated carbocycles. The van der Waals surface area contributed by atoms with Crippen LogP contribution in [0.1, 0.15) is 40.5 Å². The summed E-state index contributed by atoms with van der Waals surface area (Å²) in [7, 11) is 0.138. The van der Waals surface area contributed by atoms with E-state index in [9.17, 15) is 14.4 Å². The number of hydrogen-bond acceptors (Lipinski definition) is 6. The predicted octanol–water partition coefficient (Wildman–Crippen LogP) is 2.52. The lowest BCUT2D eigenvalue weighted by atomic mass is 9.63. The molecule has 0 aromatic heterocycles. The van der Waals surface area contributed by atoms with E-state index < -0.39 is 20.7 Å². The smallest absolute Gasteiger partial charge is 0.410 e. The van der Waals surface area contributed by atoms with Gasteiger partial charge in [-0.25, -0.2) is 4.79 Å². The van der Waals surface area contributed by atoms with Crippen molar-refractivity contribution >= 4 is 26.8 Å². The zero-order valence-electron chi connectivity index (χ0n) is 20.6. The lowest BCUT2D eigenvalue weighted by molar-refractivity contribution is -0.160. The average Bonchev–Trinajstić information content (AvgIpc) is 3.08. The number of nitrogens with one attached hydrogen (secondary N) is 1. The number of amides is 2. The minimum absolute atomic E-state index is 0.0400. The Kier molecular flexibility index (Phi) is 8.69. The summed E-state index contributed by atoms with van der Waals surface area (Å²) < 4.78 is 16.8. The molecule has 2 amide bonds. The van der Waals surface area contributed by atoms with E-state index in [2.05, 4.69) is 45.8 Å². The third-order valence-electron chi connectivity index (χ3n) is 6.78. The van der Waals surface area contributed by atoms with Crippen molar-refractivity contribution in [3.63, 3.8) is 0 Å². The van der Waals surface area contributed by atoms with Crippen LogP contribution < -0.4 is 5.32 Å². The molecular formula is C23H40N2O6Si. The van der Waals surface area contributed by atoms with E-state index in [1.54, 1.807) is 12.0 Å². The quantitative estimate of drug-likeness (QED) is 0.301. The van der Waals surface area contributed by atoms with Gasteiger partial charge in [-0.15, -0.1) is 0 Å². The molecule has 2 heterocycles. The molecule has 0 radical (unpaired) electrons. The Morgan fingerprint density at radius 1 is 1.28 bits per heavy atom. The molecule has 0 aromatic carbocycles. The van der Waals surface area contributed by atoms with Crippen molar-refractivity contribution in [1.29, 1.82) is 0 Å². The molecule has 2 aliphatic heterocycles. The van der Waals surface area contributed by atoms with Gasteiger partial charge in [0.2, 0.25) is 5.91 Å². The number of carbonyl (C=O) groups is 3. The summed E-state index contributed by atoms with van der Waals surface area (Å²) in [5.74, 6) is -0.719. The zero-order valence-corrected chi connectivity index (χ0v) is 21.8. The maximum absolute atomic E-state index is 13.2. The third kappa shape index (κ3) is 5.61. The SMILES string of the molecule is C=CCOC(=O)N1CC(C(=O)C[C@H]2NC(=O)[C@@H]2[C@@](C)(O[SiH](C)C)C(C)(C)C)C[C@H]1COC. The topological polar surface area (TPSA) is 94.2 Å². The second kappa shape index (κ2) is 10.5. The van der Waals surface area contributed by atoms with Crippen molar-refractivity contribution in [3.05, 3.63) is 12.7 Å². The van der Waals surface area contributed by atoms with Crippen LogP contribution in [0.5, 0.6) is 0 Å². The van der Waals surface area contributed by atoms with Gasteiger partial charge in [0.05, 0.1) is 30.2 Å². The van der Waals surface area contributed by atoms with Crippen LogP contribution in [0, 0.1) is 17.3 Å². The first kappa shape index (κ1) is 26.5. The van der Waals surface area contributed by atoms with Gasteiger partial charge in [0.25, 0.3) is 0 Å². The third-order valence-corrected chi connectivity index (χ3v) is 7.75. The number of hydrogen-bond donors (Lipinski definition) is 1. The summed E-state index contributed by atoms with van der Waals surface area (Å²) in [6.07, 6.45) is 1.79. The van der Waals surface area contributed by atoms with Gasteiger partial charge < -0.3 is 24.1 Å². The van der Waals surface area contributed by atoms with Crippen LogP contribution in [0.2, 0.25) is 13.1 Å². The van der Waals surface area contributed by atoms with Crippen LogP contribution in [-0.2, 0) is 23.5 Å². The Morgan fingerprint density at radius 2 is 1.94 bits per heavy atom. The molecule has 32 heavy (non-hydrogen) atoms. The van der Waals surface area contributed by atoms with Gasteiger partial charge in [-0.1, -0.05) is 33.4 Å². The summed E-state index contributed by atoms with van der Waals surface area (Å²) in [4.78, 5) is 39.8. The van der Waals surface area contributed by atoms with Crippen LogP contribution >= 0.6 is 0 Å². The largest absolute Gasteiger partial charge is 0.445 e. The number of ketones is 1. The Balaban J connectivity index is 2.11. The molecule has 8 nitrogen and oxygen atoms in total. The number of methoxy groups -OCH3 is 1. The summed E-state index contributed by atoms with van der Waals surface area (Å²) in [6, 6.07) is -0.484. The molecular weight excluding hydrogens is 428 g/mol. The number of rotatable bonds is 10. The highest BCUT2D eigenvalue weighted by Gasteiger charge is 2.57. The highest BCUT2D eigenvalue weighted by atomic mass is 28.3. The van der Waals surface area contributed by atoms with Gasteiger partial charge in [0.1, 0.15) is 12.4 Å². The predicted molar refractivity (Wildman–Crippen MR) is 125 cm³/mol. The zero-order chi connectivity index (χ0) is 24.3. The van der Waals surface area contributed by atoms with Gasteiger partial charge >= 0.3 is 6.09 Å². The lowest BCUT2D eigenvalue weighted by Crippen LogP contribution is -2.70. The van der Waals surface area contributed by atoms with Crippen molar-refractivity contribution in [2.75, 3.05) is 26.9 Å². The average molecular weight is 469 g/mol. The number of β-lactam (4-membered cyclic amide) rings is 1. The molecule has 0 spiro atoms. The van der Waals surface area contributed by atoms with Gasteiger partial charge in [-0.3, -0.25) is 9.59 Å². The molecule has 1 unspecified atom stereocenters. The molecule has 2 rings (SSSR count). The molecule has 0 aromatic rings. The number of ether oxygens (including phenoxy) is 2. The number of nitrogens with zero attached hydrogens (tertiary/aromatic N) is 1. The van der Waals surface area contributed by atoms with Crippen molar-refractivity contribution in [3.8, 4) is 0 Å². The second-order valence-electron chi connectivity index (χ2n) is 10.3. The molecule has 9 heteroatoms. The van der Waals surface area contributed by atoms with Crippen LogP contribution in [0.4, 0.5) is 4.79 Å². The normalized spacial score (nSPS) is 27.5. The first-order chi connectivity index (χ1) is 14.9. The van der Waals surface area contributed by atoms with Crippen molar-refractivity contribution in [2.45, 2.75) is 71.3 Å². The molecule has 0 aliphatic carbocycles. The lowest BCUT2D eigenvalue weighted by Gasteiger charge is -2.54. The minimum atomic E-state index is -1.43. The molecule has 1 N–H and O–H groups in total. The van der Waals surface area contributed by atoms with Crippen LogP contribution in [0.3, 0.4) is 0 Å². The van der Waals surface area contributed by atoms with Crippen molar-refractivity contribution < 1.29 is 28.3 Å². The molecule has 0 bridgehead atoms. The Morgan fingerprint density at radius 3 is 2.44 bits per heavy atom. The molecule has 2 saturated heterocycles. The maximum Gasteiger partial charge on any atom is 0.410 e. The van der Waals surface area contributed by atoms with Gasteiger partial charge in [0.15, 0.2) is 9.04 Å².